The van der Waals surface area contributed by atoms with E-state index >= 15 is 0 Å². The molecule has 0 fully saturated rings. The first-order valence-electron chi connectivity index (χ1n) is 6.44. The quantitative estimate of drug-likeness (QED) is 0.662. The van der Waals surface area contributed by atoms with E-state index in [0.29, 0.717) is 5.92 Å². The molecule has 0 amide bonds. The summed E-state index contributed by atoms with van der Waals surface area (Å²) in [5.41, 5.74) is 9.72. The van der Waals surface area contributed by atoms with Gasteiger partial charge < -0.3 is 5.73 Å². The lowest BCUT2D eigenvalue weighted by Gasteiger charge is -2.12. The lowest BCUT2D eigenvalue weighted by Crippen LogP contribution is -2.01. The van der Waals surface area contributed by atoms with Gasteiger partial charge in [0.25, 0.3) is 0 Å². The Labute approximate surface area is 123 Å². The molecular weight excluding hydrogens is 270 g/mol. The molecule has 0 bridgehead atoms. The number of anilines is 1. The molecule has 1 nitrogen and oxygen atoms in total. The van der Waals surface area contributed by atoms with Crippen molar-refractivity contribution in [1.82, 2.24) is 0 Å². The highest BCUT2D eigenvalue weighted by Gasteiger charge is 2.22. The maximum atomic E-state index is 6.04. The Balaban J connectivity index is 1.72. The van der Waals surface area contributed by atoms with Crippen LogP contribution in [0.5, 0.6) is 0 Å². The molecule has 1 aliphatic heterocycles. The summed E-state index contributed by atoms with van der Waals surface area (Å²) < 4.78 is 0. The molecule has 2 N–H and O–H groups in total. The van der Waals surface area contributed by atoms with Crippen molar-refractivity contribution < 1.29 is 0 Å². The number of fused-ring (bicyclic) bond motifs is 1. The van der Waals surface area contributed by atoms with Gasteiger partial charge in [0.05, 0.1) is 0 Å². The Morgan fingerprint density at radius 2 is 2.11 bits per heavy atom. The highest BCUT2D eigenvalue weighted by Crippen LogP contribution is 2.42. The van der Waals surface area contributed by atoms with Crippen molar-refractivity contribution in [2.75, 3.05) is 17.2 Å². The zero-order chi connectivity index (χ0) is 13.2. The summed E-state index contributed by atoms with van der Waals surface area (Å²) in [6.07, 6.45) is 0. The number of hydrogen-bond acceptors (Lipinski definition) is 3. The van der Waals surface area contributed by atoms with Crippen LogP contribution in [-0.2, 0) is 0 Å². The molecule has 0 aromatic heterocycles. The van der Waals surface area contributed by atoms with Gasteiger partial charge in [0.1, 0.15) is 0 Å². The van der Waals surface area contributed by atoms with Crippen LogP contribution in [0.25, 0.3) is 0 Å². The summed E-state index contributed by atoms with van der Waals surface area (Å²) in [6.45, 7) is 2.12. The van der Waals surface area contributed by atoms with Gasteiger partial charge in [-0.05, 0) is 36.2 Å². The average molecular weight is 287 g/mol. The van der Waals surface area contributed by atoms with Crippen molar-refractivity contribution in [2.45, 2.75) is 22.6 Å². The molecule has 19 heavy (non-hydrogen) atoms. The van der Waals surface area contributed by atoms with Crippen molar-refractivity contribution in [3.8, 4) is 0 Å². The monoisotopic (exact) mass is 287 g/mol. The number of nitrogens with two attached hydrogens (primary N) is 1. The summed E-state index contributed by atoms with van der Waals surface area (Å²) in [6, 6.07) is 15.0. The van der Waals surface area contributed by atoms with E-state index in [2.05, 4.69) is 43.3 Å². The van der Waals surface area contributed by atoms with E-state index in [-0.39, 0.29) is 0 Å². The smallest absolute Gasteiger partial charge is 0.0452 e. The van der Waals surface area contributed by atoms with E-state index in [0.717, 1.165) is 11.4 Å². The van der Waals surface area contributed by atoms with Crippen LogP contribution < -0.4 is 5.73 Å². The molecule has 98 valence electrons. The largest absolute Gasteiger partial charge is 0.398 e. The molecule has 3 rings (SSSR count). The fourth-order valence-electron chi connectivity index (χ4n) is 2.32. The molecule has 1 atom stereocenters. The van der Waals surface area contributed by atoms with Gasteiger partial charge in [-0.1, -0.05) is 24.3 Å². The topological polar surface area (TPSA) is 26.0 Å². The van der Waals surface area contributed by atoms with Gasteiger partial charge in [-0.25, -0.2) is 0 Å². The normalized spacial score (nSPS) is 17.4. The third kappa shape index (κ3) is 2.77. The number of thioether (sulfide) groups is 2. The van der Waals surface area contributed by atoms with Crippen LogP contribution in [0.15, 0.2) is 52.3 Å². The first-order chi connectivity index (χ1) is 9.24. The van der Waals surface area contributed by atoms with Crippen molar-refractivity contribution in [1.29, 1.82) is 0 Å². The lowest BCUT2D eigenvalue weighted by molar-refractivity contribution is 0.896. The highest BCUT2D eigenvalue weighted by molar-refractivity contribution is 8.00. The van der Waals surface area contributed by atoms with Gasteiger partial charge in [0.2, 0.25) is 0 Å². The summed E-state index contributed by atoms with van der Waals surface area (Å²) in [5.74, 6) is 2.95. The highest BCUT2D eigenvalue weighted by atomic mass is 32.2. The van der Waals surface area contributed by atoms with E-state index in [1.54, 1.807) is 0 Å². The number of nitrogen functional groups attached to an aromatic ring is 1. The fourth-order valence-corrected chi connectivity index (χ4v) is 4.91. The number of rotatable bonds is 3. The maximum absolute atomic E-state index is 6.04. The maximum Gasteiger partial charge on any atom is 0.0452 e. The third-order valence-corrected chi connectivity index (χ3v) is 5.89. The van der Waals surface area contributed by atoms with E-state index in [1.807, 2.05) is 29.6 Å². The summed E-state index contributed by atoms with van der Waals surface area (Å²) in [4.78, 5) is 2.67. The van der Waals surface area contributed by atoms with Gasteiger partial charge in [-0.15, -0.1) is 23.5 Å². The zero-order valence-electron chi connectivity index (χ0n) is 10.9. The van der Waals surface area contributed by atoms with Gasteiger partial charge in [0.15, 0.2) is 0 Å². The van der Waals surface area contributed by atoms with Crippen LogP contribution in [0, 0.1) is 6.92 Å². The predicted octanol–water partition coefficient (Wildman–Crippen LogP) is 4.56. The Bertz CT molecular complexity index is 595. The molecule has 1 unspecified atom stereocenters. The molecule has 1 heterocycles. The van der Waals surface area contributed by atoms with Crippen LogP contribution in [0.1, 0.15) is 17.0 Å². The second-order valence-electron chi connectivity index (χ2n) is 4.90. The minimum atomic E-state index is 0.645. The Morgan fingerprint density at radius 3 is 3.00 bits per heavy atom. The van der Waals surface area contributed by atoms with Crippen molar-refractivity contribution in [3.63, 3.8) is 0 Å². The van der Waals surface area contributed by atoms with Crippen LogP contribution in [-0.4, -0.2) is 11.5 Å². The second kappa shape index (κ2) is 5.51. The van der Waals surface area contributed by atoms with Crippen molar-refractivity contribution >= 4 is 29.2 Å². The SMILES string of the molecule is Cc1ccc(N)c(SCC2CSc3ccccc32)c1. The average Bonchev–Trinajstić information content (AvgIpc) is 2.83. The van der Waals surface area contributed by atoms with Crippen LogP contribution in [0.4, 0.5) is 5.69 Å². The number of aryl methyl sites for hydroxylation is 1. The summed E-state index contributed by atoms with van der Waals surface area (Å²) in [7, 11) is 0. The number of hydrogen-bond donors (Lipinski definition) is 1. The Kier molecular flexibility index (Phi) is 3.76. The van der Waals surface area contributed by atoms with Crippen LogP contribution in [0.3, 0.4) is 0 Å². The molecule has 2 aromatic rings. The summed E-state index contributed by atoms with van der Waals surface area (Å²) in [5, 5.41) is 0. The van der Waals surface area contributed by atoms with E-state index in [4.69, 9.17) is 5.73 Å². The molecule has 0 radical (unpaired) electrons. The molecule has 0 spiro atoms. The minimum absolute atomic E-state index is 0.645. The molecule has 0 saturated carbocycles. The van der Waals surface area contributed by atoms with Crippen LogP contribution in [0.2, 0.25) is 0 Å². The lowest BCUT2D eigenvalue weighted by atomic mass is 10.0. The Morgan fingerprint density at radius 1 is 1.26 bits per heavy atom. The predicted molar refractivity (Wildman–Crippen MR) is 86.2 cm³/mol. The van der Waals surface area contributed by atoms with Gasteiger partial charge in [-0.2, -0.15) is 0 Å². The standard InChI is InChI=1S/C16H17NS2/c1-11-6-7-14(17)16(8-11)19-10-12-9-18-15-5-3-2-4-13(12)15/h2-8,12H,9-10,17H2,1H3. The summed E-state index contributed by atoms with van der Waals surface area (Å²) >= 11 is 3.86. The number of benzene rings is 2. The first kappa shape index (κ1) is 12.9. The zero-order valence-corrected chi connectivity index (χ0v) is 12.6. The first-order valence-corrected chi connectivity index (χ1v) is 8.42. The van der Waals surface area contributed by atoms with Crippen molar-refractivity contribution in [2.24, 2.45) is 0 Å². The van der Waals surface area contributed by atoms with Crippen LogP contribution >= 0.6 is 23.5 Å². The Hall–Kier alpha value is -1.06. The second-order valence-corrected chi connectivity index (χ2v) is 7.02. The van der Waals surface area contributed by atoms with E-state index < -0.39 is 0 Å². The van der Waals surface area contributed by atoms with Gasteiger partial charge in [-0.3, -0.25) is 0 Å². The van der Waals surface area contributed by atoms with E-state index in [9.17, 15) is 0 Å². The molecular formula is C16H17NS2. The molecule has 3 heteroatoms. The third-order valence-electron chi connectivity index (χ3n) is 3.41. The molecule has 2 aromatic carbocycles. The fraction of sp³-hybridized carbons (Fsp3) is 0.250. The molecule has 0 saturated heterocycles. The van der Waals surface area contributed by atoms with E-state index in [1.165, 1.54) is 26.7 Å². The molecule has 1 aliphatic rings. The van der Waals surface area contributed by atoms with Crippen molar-refractivity contribution in [3.05, 3.63) is 53.6 Å². The minimum Gasteiger partial charge on any atom is -0.398 e. The van der Waals surface area contributed by atoms with Gasteiger partial charge in [0, 0.05) is 32.9 Å². The molecule has 0 aliphatic carbocycles. The van der Waals surface area contributed by atoms with Gasteiger partial charge >= 0.3 is 0 Å².